The molecule has 0 spiro atoms. The van der Waals surface area contributed by atoms with Gasteiger partial charge in [0.25, 0.3) is 0 Å². The van der Waals surface area contributed by atoms with E-state index in [-0.39, 0.29) is 17.9 Å². The number of hydrogen-bond acceptors (Lipinski definition) is 3. The molecule has 0 bridgehead atoms. The number of rotatable bonds is 11. The zero-order valence-electron chi connectivity index (χ0n) is 20.1. The van der Waals surface area contributed by atoms with Gasteiger partial charge in [0.2, 0.25) is 11.8 Å². The van der Waals surface area contributed by atoms with Gasteiger partial charge in [-0.25, -0.2) is 0 Å². The molecule has 1 saturated carbocycles. The summed E-state index contributed by atoms with van der Waals surface area (Å²) in [5.74, 6) is 0.790. The normalized spacial score (nSPS) is 15.1. The lowest BCUT2D eigenvalue weighted by Crippen LogP contribution is -2.52. The SMILES string of the molecule is CC[C@@H](C(=O)NC1CCCCC1)N(CCc1ccccc1)C(=O)CCSc1ccc(C)cc1. The van der Waals surface area contributed by atoms with Crippen LogP contribution < -0.4 is 5.32 Å². The standard InChI is InChI=1S/C28H38N2O2S/c1-3-26(28(32)29-24-12-8-5-9-13-24)30(20-18-23-10-6-4-7-11-23)27(31)19-21-33-25-16-14-22(2)15-17-25/h4,6-7,10-11,14-17,24,26H,3,5,8-9,12-13,18-21H2,1-2H3,(H,29,32)/t26-/m0/s1. The third kappa shape index (κ3) is 8.22. The van der Waals surface area contributed by atoms with E-state index in [9.17, 15) is 9.59 Å². The molecule has 5 heteroatoms. The molecule has 1 atom stereocenters. The smallest absolute Gasteiger partial charge is 0.243 e. The highest BCUT2D eigenvalue weighted by Gasteiger charge is 2.29. The number of nitrogens with one attached hydrogen (secondary N) is 1. The molecule has 0 saturated heterocycles. The fourth-order valence-corrected chi connectivity index (χ4v) is 5.32. The van der Waals surface area contributed by atoms with Crippen LogP contribution in [0.2, 0.25) is 0 Å². The lowest BCUT2D eigenvalue weighted by Gasteiger charge is -2.33. The first kappa shape index (κ1) is 25.4. The number of nitrogens with zero attached hydrogens (tertiary/aromatic N) is 1. The highest BCUT2D eigenvalue weighted by molar-refractivity contribution is 7.99. The van der Waals surface area contributed by atoms with Crippen LogP contribution in [0, 0.1) is 6.92 Å². The van der Waals surface area contributed by atoms with Gasteiger partial charge >= 0.3 is 0 Å². The Labute approximate surface area is 203 Å². The van der Waals surface area contributed by atoms with Gasteiger partial charge in [0.05, 0.1) is 0 Å². The molecule has 33 heavy (non-hydrogen) atoms. The van der Waals surface area contributed by atoms with Crippen molar-refractivity contribution >= 4 is 23.6 Å². The van der Waals surface area contributed by atoms with Crippen LogP contribution in [0.1, 0.15) is 63.0 Å². The quantitative estimate of drug-likeness (QED) is 0.427. The monoisotopic (exact) mass is 466 g/mol. The summed E-state index contributed by atoms with van der Waals surface area (Å²) in [6, 6.07) is 18.4. The number of thioether (sulfide) groups is 1. The third-order valence-corrected chi connectivity index (χ3v) is 7.44. The molecule has 4 nitrogen and oxygen atoms in total. The molecular weight excluding hydrogens is 428 g/mol. The fraction of sp³-hybridized carbons (Fsp3) is 0.500. The largest absolute Gasteiger partial charge is 0.352 e. The highest BCUT2D eigenvalue weighted by Crippen LogP contribution is 2.21. The lowest BCUT2D eigenvalue weighted by atomic mass is 9.95. The molecular formula is C28H38N2O2S. The summed E-state index contributed by atoms with van der Waals surface area (Å²) in [4.78, 5) is 29.6. The van der Waals surface area contributed by atoms with Gasteiger partial charge in [0, 0.05) is 29.7 Å². The summed E-state index contributed by atoms with van der Waals surface area (Å²) in [5, 5.41) is 3.25. The van der Waals surface area contributed by atoms with E-state index >= 15 is 0 Å². The Balaban J connectivity index is 1.64. The first-order valence-corrected chi connectivity index (χ1v) is 13.4. The van der Waals surface area contributed by atoms with Crippen LogP contribution in [0.25, 0.3) is 0 Å². The zero-order chi connectivity index (χ0) is 23.5. The van der Waals surface area contributed by atoms with E-state index in [1.807, 2.05) is 30.0 Å². The van der Waals surface area contributed by atoms with Crippen LogP contribution in [0.3, 0.4) is 0 Å². The second kappa shape index (κ2) is 13.4. The molecule has 0 heterocycles. The van der Waals surface area contributed by atoms with Crippen molar-refractivity contribution in [3.63, 3.8) is 0 Å². The summed E-state index contributed by atoms with van der Waals surface area (Å²) < 4.78 is 0. The Morgan fingerprint density at radius 2 is 1.73 bits per heavy atom. The molecule has 2 aromatic rings. The summed E-state index contributed by atoms with van der Waals surface area (Å²) in [7, 11) is 0. The minimum Gasteiger partial charge on any atom is -0.352 e. The Morgan fingerprint density at radius 1 is 1.03 bits per heavy atom. The van der Waals surface area contributed by atoms with Crippen molar-refractivity contribution in [3.8, 4) is 0 Å². The second-order valence-electron chi connectivity index (χ2n) is 9.00. The summed E-state index contributed by atoms with van der Waals surface area (Å²) in [5.41, 5.74) is 2.42. The van der Waals surface area contributed by atoms with Crippen molar-refractivity contribution in [3.05, 3.63) is 65.7 Å². The maximum atomic E-state index is 13.3. The molecule has 1 fully saturated rings. The van der Waals surface area contributed by atoms with E-state index in [2.05, 4.69) is 48.6 Å². The van der Waals surface area contributed by atoms with E-state index in [0.717, 1.165) is 19.3 Å². The lowest BCUT2D eigenvalue weighted by molar-refractivity contribution is -0.140. The Hall–Kier alpha value is -2.27. The molecule has 0 radical (unpaired) electrons. The number of carbonyl (C=O) groups excluding carboxylic acids is 2. The van der Waals surface area contributed by atoms with E-state index in [4.69, 9.17) is 0 Å². The van der Waals surface area contributed by atoms with E-state index < -0.39 is 6.04 Å². The van der Waals surface area contributed by atoms with Gasteiger partial charge < -0.3 is 10.2 Å². The van der Waals surface area contributed by atoms with Crippen LogP contribution in [0.15, 0.2) is 59.5 Å². The molecule has 178 valence electrons. The van der Waals surface area contributed by atoms with Crippen molar-refractivity contribution in [1.82, 2.24) is 10.2 Å². The molecule has 1 aliphatic carbocycles. The summed E-state index contributed by atoms with van der Waals surface area (Å²) in [6.45, 7) is 4.65. The Bertz CT molecular complexity index is 863. The van der Waals surface area contributed by atoms with Gasteiger partial charge in [0.1, 0.15) is 6.04 Å². The minimum absolute atomic E-state index is 0.0111. The van der Waals surface area contributed by atoms with Crippen LogP contribution >= 0.6 is 11.8 Å². The minimum atomic E-state index is -0.410. The molecule has 2 amide bonds. The molecule has 2 aromatic carbocycles. The van der Waals surface area contributed by atoms with E-state index in [1.54, 1.807) is 11.8 Å². The second-order valence-corrected chi connectivity index (χ2v) is 10.2. The van der Waals surface area contributed by atoms with Gasteiger partial charge in [-0.3, -0.25) is 9.59 Å². The summed E-state index contributed by atoms with van der Waals surface area (Å²) in [6.07, 6.45) is 7.52. The first-order chi connectivity index (χ1) is 16.1. The molecule has 1 N–H and O–H groups in total. The van der Waals surface area contributed by atoms with Gasteiger partial charge in [-0.15, -0.1) is 11.8 Å². The van der Waals surface area contributed by atoms with Crippen molar-refractivity contribution in [2.45, 2.75) is 82.2 Å². The zero-order valence-corrected chi connectivity index (χ0v) is 20.9. The Kier molecular flexibility index (Phi) is 10.3. The number of hydrogen-bond donors (Lipinski definition) is 1. The van der Waals surface area contributed by atoms with Crippen LogP contribution in [-0.4, -0.2) is 41.1 Å². The molecule has 3 rings (SSSR count). The maximum absolute atomic E-state index is 13.3. The van der Waals surface area contributed by atoms with Crippen LogP contribution in [0.4, 0.5) is 0 Å². The van der Waals surface area contributed by atoms with Gasteiger partial charge in [0.15, 0.2) is 0 Å². The summed E-state index contributed by atoms with van der Waals surface area (Å²) >= 11 is 1.70. The Morgan fingerprint density at radius 3 is 2.39 bits per heavy atom. The van der Waals surface area contributed by atoms with Gasteiger partial charge in [-0.05, 0) is 50.3 Å². The van der Waals surface area contributed by atoms with Crippen LogP contribution in [0.5, 0.6) is 0 Å². The van der Waals surface area contributed by atoms with Crippen molar-refractivity contribution in [2.75, 3.05) is 12.3 Å². The van der Waals surface area contributed by atoms with Gasteiger partial charge in [-0.2, -0.15) is 0 Å². The third-order valence-electron chi connectivity index (χ3n) is 6.43. The number of aryl methyl sites for hydroxylation is 1. The van der Waals surface area contributed by atoms with E-state index in [1.165, 1.54) is 35.3 Å². The molecule has 0 aliphatic heterocycles. The van der Waals surface area contributed by atoms with Crippen molar-refractivity contribution in [1.29, 1.82) is 0 Å². The first-order valence-electron chi connectivity index (χ1n) is 12.4. The number of benzene rings is 2. The predicted octanol–water partition coefficient (Wildman–Crippen LogP) is 5.78. The average Bonchev–Trinajstić information content (AvgIpc) is 2.84. The van der Waals surface area contributed by atoms with E-state index in [0.29, 0.717) is 25.1 Å². The molecule has 1 aliphatic rings. The topological polar surface area (TPSA) is 49.4 Å². The molecule has 0 aromatic heterocycles. The van der Waals surface area contributed by atoms with Crippen LogP contribution in [-0.2, 0) is 16.0 Å². The van der Waals surface area contributed by atoms with Crippen molar-refractivity contribution < 1.29 is 9.59 Å². The van der Waals surface area contributed by atoms with Crippen molar-refractivity contribution in [2.24, 2.45) is 0 Å². The highest BCUT2D eigenvalue weighted by atomic mass is 32.2. The maximum Gasteiger partial charge on any atom is 0.243 e. The molecule has 0 unspecified atom stereocenters. The fourth-order valence-electron chi connectivity index (χ4n) is 4.47. The number of carbonyl (C=O) groups is 2. The van der Waals surface area contributed by atoms with Gasteiger partial charge in [-0.1, -0.05) is 74.2 Å². The predicted molar refractivity (Wildman–Crippen MR) is 137 cm³/mol. The average molecular weight is 467 g/mol. The number of amides is 2.